The van der Waals surface area contributed by atoms with E-state index in [2.05, 4.69) is 41.8 Å². The van der Waals surface area contributed by atoms with Gasteiger partial charge in [0.25, 0.3) is 0 Å². The standard InChI is InChI=1S/C27H24ClF2N5/c1-14-13-35-7-6-32-12-25(35)26(15(14)2)17-8-24-23(33-11-17)5-4-22(34-24)16(3)27(31)18-9-19(28)21(30)10-20(18)29/h4-5,8-11,13,15,31-32H,3,6-7,12H2,1-2H3. The quantitative estimate of drug-likeness (QED) is 0.357. The van der Waals surface area contributed by atoms with Crippen molar-refractivity contribution in [3.63, 3.8) is 0 Å². The molecule has 3 aromatic rings. The van der Waals surface area contributed by atoms with Crippen LogP contribution in [0.3, 0.4) is 0 Å². The van der Waals surface area contributed by atoms with Gasteiger partial charge in [0.1, 0.15) is 11.6 Å². The van der Waals surface area contributed by atoms with Gasteiger partial charge in [0.15, 0.2) is 0 Å². The molecular weight excluding hydrogens is 468 g/mol. The van der Waals surface area contributed by atoms with Crippen LogP contribution in [-0.4, -0.2) is 40.2 Å². The number of rotatable bonds is 4. The number of hydrogen-bond acceptors (Lipinski definition) is 5. The van der Waals surface area contributed by atoms with Crippen LogP contribution < -0.4 is 5.32 Å². The smallest absolute Gasteiger partial charge is 0.144 e. The van der Waals surface area contributed by atoms with Crippen LogP contribution in [-0.2, 0) is 0 Å². The Morgan fingerprint density at radius 3 is 2.80 bits per heavy atom. The first-order valence-electron chi connectivity index (χ1n) is 11.3. The van der Waals surface area contributed by atoms with Crippen molar-refractivity contribution in [2.75, 3.05) is 19.6 Å². The van der Waals surface area contributed by atoms with Crippen LogP contribution in [0.4, 0.5) is 8.78 Å². The Bertz CT molecular complexity index is 1460. The van der Waals surface area contributed by atoms with E-state index in [1.165, 1.54) is 16.8 Å². The second-order valence-corrected chi connectivity index (χ2v) is 9.29. The van der Waals surface area contributed by atoms with E-state index in [-0.39, 0.29) is 27.8 Å². The normalized spacial score (nSPS) is 17.9. The van der Waals surface area contributed by atoms with Crippen molar-refractivity contribution >= 4 is 39.5 Å². The van der Waals surface area contributed by atoms with Crippen LogP contribution in [0.1, 0.15) is 30.7 Å². The van der Waals surface area contributed by atoms with Crippen molar-refractivity contribution in [1.82, 2.24) is 20.2 Å². The van der Waals surface area contributed by atoms with Gasteiger partial charge in [-0.25, -0.2) is 13.8 Å². The molecule has 0 saturated carbocycles. The average molecular weight is 492 g/mol. The topological polar surface area (TPSA) is 64.9 Å². The fraction of sp³-hybridized carbons (Fsp3) is 0.222. The summed E-state index contributed by atoms with van der Waals surface area (Å²) < 4.78 is 27.9. The zero-order valence-electron chi connectivity index (χ0n) is 19.4. The summed E-state index contributed by atoms with van der Waals surface area (Å²) >= 11 is 5.81. The average Bonchev–Trinajstić information content (AvgIpc) is 2.85. The number of allylic oxidation sites excluding steroid dienone is 3. The number of halogens is 3. The fourth-order valence-corrected chi connectivity index (χ4v) is 4.78. The van der Waals surface area contributed by atoms with Crippen LogP contribution in [0.2, 0.25) is 5.02 Å². The van der Waals surface area contributed by atoms with Gasteiger partial charge in [-0.3, -0.25) is 10.4 Å². The molecule has 4 heterocycles. The highest BCUT2D eigenvalue weighted by Crippen LogP contribution is 2.38. The minimum atomic E-state index is -0.878. The van der Waals surface area contributed by atoms with Gasteiger partial charge in [-0.15, -0.1) is 0 Å². The maximum Gasteiger partial charge on any atom is 0.144 e. The summed E-state index contributed by atoms with van der Waals surface area (Å²) in [5, 5.41) is 11.6. The Balaban J connectivity index is 1.54. The van der Waals surface area contributed by atoms with Crippen molar-refractivity contribution in [2.24, 2.45) is 5.92 Å². The number of piperazine rings is 1. The summed E-state index contributed by atoms with van der Waals surface area (Å²) in [5.41, 5.74) is 6.34. The molecule has 0 spiro atoms. The molecule has 0 radical (unpaired) electrons. The van der Waals surface area contributed by atoms with E-state index in [1.807, 2.05) is 12.3 Å². The summed E-state index contributed by atoms with van der Waals surface area (Å²) in [6.45, 7) is 10.9. The maximum absolute atomic E-state index is 14.3. The first-order valence-corrected chi connectivity index (χ1v) is 11.7. The monoisotopic (exact) mass is 491 g/mol. The summed E-state index contributed by atoms with van der Waals surface area (Å²) in [5.74, 6) is -1.52. The van der Waals surface area contributed by atoms with Crippen LogP contribution in [0, 0.1) is 23.0 Å². The van der Waals surface area contributed by atoms with Crippen molar-refractivity contribution < 1.29 is 8.78 Å². The molecule has 0 aliphatic carbocycles. The minimum absolute atomic E-state index is 0.134. The maximum atomic E-state index is 14.3. The highest BCUT2D eigenvalue weighted by atomic mass is 35.5. The number of nitrogens with zero attached hydrogens (tertiary/aromatic N) is 3. The van der Waals surface area contributed by atoms with E-state index in [1.54, 1.807) is 12.1 Å². The van der Waals surface area contributed by atoms with Crippen LogP contribution >= 0.6 is 11.6 Å². The number of aromatic nitrogens is 2. The third-order valence-electron chi connectivity index (χ3n) is 6.69. The summed E-state index contributed by atoms with van der Waals surface area (Å²) in [6, 6.07) is 7.26. The SMILES string of the molecule is C=C(C(=N)c1cc(Cl)c(F)cc1F)c1ccc2ncc(C3=C4CNCCN4C=C(C)C3C)cc2n1. The highest BCUT2D eigenvalue weighted by molar-refractivity contribution is 6.33. The third kappa shape index (κ3) is 4.15. The zero-order chi connectivity index (χ0) is 24.9. The zero-order valence-corrected chi connectivity index (χ0v) is 20.2. The van der Waals surface area contributed by atoms with E-state index in [4.69, 9.17) is 22.0 Å². The van der Waals surface area contributed by atoms with Gasteiger partial charge in [0.05, 0.1) is 27.5 Å². The highest BCUT2D eigenvalue weighted by Gasteiger charge is 2.28. The number of pyridine rings is 2. The second-order valence-electron chi connectivity index (χ2n) is 8.88. The Morgan fingerprint density at radius 2 is 2.00 bits per heavy atom. The van der Waals surface area contributed by atoms with E-state index >= 15 is 0 Å². The molecule has 35 heavy (non-hydrogen) atoms. The largest absolute Gasteiger partial charge is 0.349 e. The van der Waals surface area contributed by atoms with E-state index in [0.717, 1.165) is 31.3 Å². The van der Waals surface area contributed by atoms with Gasteiger partial charge in [-0.2, -0.15) is 0 Å². The number of benzene rings is 1. The molecule has 2 aliphatic rings. The fourth-order valence-electron chi connectivity index (χ4n) is 4.61. The van der Waals surface area contributed by atoms with Crippen molar-refractivity contribution in [3.8, 4) is 0 Å². The van der Waals surface area contributed by atoms with Gasteiger partial charge in [0.2, 0.25) is 0 Å². The molecule has 2 N–H and O–H groups in total. The molecule has 1 aromatic carbocycles. The molecule has 5 nitrogen and oxygen atoms in total. The van der Waals surface area contributed by atoms with Crippen molar-refractivity contribution in [2.45, 2.75) is 13.8 Å². The Morgan fingerprint density at radius 1 is 1.20 bits per heavy atom. The first-order chi connectivity index (χ1) is 16.7. The van der Waals surface area contributed by atoms with Gasteiger partial charge >= 0.3 is 0 Å². The van der Waals surface area contributed by atoms with Gasteiger partial charge in [-0.05, 0) is 42.3 Å². The van der Waals surface area contributed by atoms with E-state index in [9.17, 15) is 8.78 Å². The predicted octanol–water partition coefficient (Wildman–Crippen LogP) is 5.81. The molecule has 1 fully saturated rings. The molecular formula is C27H24ClF2N5. The molecule has 1 unspecified atom stereocenters. The summed E-state index contributed by atoms with van der Waals surface area (Å²) in [7, 11) is 0. The van der Waals surface area contributed by atoms with Gasteiger partial charge < -0.3 is 10.2 Å². The molecule has 1 saturated heterocycles. The molecule has 0 bridgehead atoms. The Hall–Kier alpha value is -3.42. The van der Waals surface area contributed by atoms with E-state index in [0.29, 0.717) is 22.8 Å². The van der Waals surface area contributed by atoms with Gasteiger partial charge in [-0.1, -0.05) is 25.1 Å². The molecule has 8 heteroatoms. The number of fused-ring (bicyclic) bond motifs is 2. The minimum Gasteiger partial charge on any atom is -0.349 e. The Kier molecular flexibility index (Phi) is 5.99. The number of hydrogen-bond donors (Lipinski definition) is 2. The molecule has 2 aliphatic heterocycles. The van der Waals surface area contributed by atoms with Crippen LogP contribution in [0.25, 0.3) is 22.2 Å². The van der Waals surface area contributed by atoms with Crippen LogP contribution in [0.15, 0.2) is 60.6 Å². The summed E-state index contributed by atoms with van der Waals surface area (Å²) in [4.78, 5) is 11.6. The van der Waals surface area contributed by atoms with E-state index < -0.39 is 11.6 Å². The summed E-state index contributed by atoms with van der Waals surface area (Å²) in [6.07, 6.45) is 4.10. The molecule has 178 valence electrons. The Labute approximate surface area is 207 Å². The third-order valence-corrected chi connectivity index (χ3v) is 6.98. The molecule has 5 rings (SSSR count). The number of nitrogens with one attached hydrogen (secondary N) is 2. The lowest BCUT2D eigenvalue weighted by atomic mass is 9.84. The van der Waals surface area contributed by atoms with Crippen molar-refractivity contribution in [1.29, 1.82) is 5.41 Å². The molecule has 0 amide bonds. The molecule has 1 atom stereocenters. The van der Waals surface area contributed by atoms with Crippen LogP contribution in [0.5, 0.6) is 0 Å². The molecule has 2 aromatic heterocycles. The second kappa shape index (κ2) is 8.98. The lowest BCUT2D eigenvalue weighted by Crippen LogP contribution is -2.41. The lowest BCUT2D eigenvalue weighted by Gasteiger charge is -2.38. The first kappa shape index (κ1) is 23.3. The lowest BCUT2D eigenvalue weighted by molar-refractivity contribution is 0.380. The predicted molar refractivity (Wildman–Crippen MR) is 136 cm³/mol. The van der Waals surface area contributed by atoms with Crippen molar-refractivity contribution in [3.05, 3.63) is 94.1 Å². The van der Waals surface area contributed by atoms with Gasteiger partial charge in [0, 0.05) is 66.4 Å².